The molecular weight excluding hydrogens is 418 g/mol. The minimum absolute atomic E-state index is 0.0960. The van der Waals surface area contributed by atoms with Crippen LogP contribution in [0.25, 0.3) is 0 Å². The average molecular weight is 445 g/mol. The summed E-state index contributed by atoms with van der Waals surface area (Å²) in [5.74, 6) is -1.72. The van der Waals surface area contributed by atoms with Crippen LogP contribution in [-0.2, 0) is 19.4 Å². The van der Waals surface area contributed by atoms with E-state index in [9.17, 15) is 18.7 Å². The van der Waals surface area contributed by atoms with Crippen molar-refractivity contribution in [1.29, 1.82) is 0 Å². The third-order valence-corrected chi connectivity index (χ3v) is 5.71. The molecule has 2 aromatic carbocycles. The Morgan fingerprint density at radius 2 is 1.81 bits per heavy atom. The molecule has 0 aliphatic carbocycles. The number of carbonyl (C=O) groups excluding carboxylic acids is 1. The topological polar surface area (TPSA) is 61.4 Å². The molecule has 164 valence electrons. The zero-order valence-electron chi connectivity index (χ0n) is 17.3. The molecule has 1 heterocycles. The molecule has 0 aliphatic rings. The molecule has 0 bridgehead atoms. The predicted octanol–water partition coefficient (Wildman–Crippen LogP) is 4.08. The zero-order valence-corrected chi connectivity index (χ0v) is 18.1. The molecule has 31 heavy (non-hydrogen) atoms. The number of hydrogen-bond donors (Lipinski definition) is 3. The molecule has 0 spiro atoms. The van der Waals surface area contributed by atoms with Crippen LogP contribution in [0.1, 0.15) is 34.0 Å². The Morgan fingerprint density at radius 1 is 1.06 bits per heavy atom. The molecule has 7 heteroatoms. The highest BCUT2D eigenvalue weighted by atomic mass is 32.1. The number of rotatable bonds is 10. The normalized spacial score (nSPS) is 13.0. The maximum Gasteiger partial charge on any atom is 0.252 e. The van der Waals surface area contributed by atoms with Crippen molar-refractivity contribution in [3.8, 4) is 0 Å². The van der Waals surface area contributed by atoms with Crippen LogP contribution in [-0.4, -0.2) is 29.7 Å². The van der Waals surface area contributed by atoms with E-state index in [1.807, 2.05) is 12.1 Å². The monoisotopic (exact) mass is 444 g/mol. The molecule has 0 saturated heterocycles. The Bertz CT molecular complexity index is 975. The zero-order chi connectivity index (χ0) is 22.2. The van der Waals surface area contributed by atoms with Crippen molar-refractivity contribution in [3.05, 3.63) is 93.2 Å². The standard InChI is InChI=1S/C24H26F2N2O2S/c1-2-16-4-3-5-17(8-16)13-27-14-23(29)22(28-24(30)19-6-7-31-15-19)11-18-9-20(25)12-21(26)10-18/h3-10,12,15,22-23,27,29H,2,11,13-14H2,1H3,(H,28,30)/t22-,23-/m0/s1. The summed E-state index contributed by atoms with van der Waals surface area (Å²) < 4.78 is 27.2. The Hall–Kier alpha value is -2.61. The van der Waals surface area contributed by atoms with E-state index in [0.29, 0.717) is 17.7 Å². The first-order valence-corrected chi connectivity index (χ1v) is 11.1. The molecule has 0 saturated carbocycles. The SMILES string of the molecule is CCc1cccc(CNC[C@H](O)[C@H](Cc2cc(F)cc(F)c2)NC(=O)c2ccsc2)c1. The third-order valence-electron chi connectivity index (χ3n) is 5.02. The van der Waals surface area contributed by atoms with E-state index in [2.05, 4.69) is 29.7 Å². The summed E-state index contributed by atoms with van der Waals surface area (Å²) >= 11 is 1.39. The number of benzene rings is 2. The lowest BCUT2D eigenvalue weighted by Crippen LogP contribution is -2.48. The van der Waals surface area contributed by atoms with Gasteiger partial charge in [-0.05, 0) is 53.1 Å². The van der Waals surface area contributed by atoms with Gasteiger partial charge >= 0.3 is 0 Å². The van der Waals surface area contributed by atoms with Gasteiger partial charge in [0, 0.05) is 30.1 Å². The largest absolute Gasteiger partial charge is 0.390 e. The summed E-state index contributed by atoms with van der Waals surface area (Å²) in [6, 6.07) is 12.3. The van der Waals surface area contributed by atoms with Gasteiger partial charge in [0.2, 0.25) is 0 Å². The van der Waals surface area contributed by atoms with Crippen LogP contribution in [0.4, 0.5) is 8.78 Å². The van der Waals surface area contributed by atoms with Crippen molar-refractivity contribution < 1.29 is 18.7 Å². The van der Waals surface area contributed by atoms with Crippen LogP contribution in [0.2, 0.25) is 0 Å². The number of hydrogen-bond acceptors (Lipinski definition) is 4. The van der Waals surface area contributed by atoms with Crippen molar-refractivity contribution in [3.63, 3.8) is 0 Å². The lowest BCUT2D eigenvalue weighted by atomic mass is 10.00. The molecule has 2 atom stereocenters. The first-order valence-electron chi connectivity index (χ1n) is 10.2. The van der Waals surface area contributed by atoms with Gasteiger partial charge in [-0.3, -0.25) is 4.79 Å². The fourth-order valence-corrected chi connectivity index (χ4v) is 4.01. The Balaban J connectivity index is 1.67. The molecule has 0 unspecified atom stereocenters. The minimum atomic E-state index is -0.955. The number of carbonyl (C=O) groups is 1. The van der Waals surface area contributed by atoms with Gasteiger partial charge in [-0.15, -0.1) is 0 Å². The molecular formula is C24H26F2N2O2S. The quantitative estimate of drug-likeness (QED) is 0.442. The molecule has 0 fully saturated rings. The molecule has 0 aliphatic heterocycles. The lowest BCUT2D eigenvalue weighted by Gasteiger charge is -2.25. The van der Waals surface area contributed by atoms with Crippen LogP contribution in [0.15, 0.2) is 59.3 Å². The van der Waals surface area contributed by atoms with Crippen molar-refractivity contribution in [2.45, 2.75) is 38.5 Å². The summed E-state index contributed by atoms with van der Waals surface area (Å²) in [6.45, 7) is 2.86. The highest BCUT2D eigenvalue weighted by Gasteiger charge is 2.23. The van der Waals surface area contributed by atoms with Gasteiger partial charge in [0.1, 0.15) is 11.6 Å². The molecule has 3 aromatic rings. The Labute approximate surface area is 184 Å². The fourth-order valence-electron chi connectivity index (χ4n) is 3.38. The Morgan fingerprint density at radius 3 is 2.48 bits per heavy atom. The van der Waals surface area contributed by atoms with E-state index in [0.717, 1.165) is 18.1 Å². The van der Waals surface area contributed by atoms with Crippen LogP contribution in [0, 0.1) is 11.6 Å². The van der Waals surface area contributed by atoms with Crippen LogP contribution >= 0.6 is 11.3 Å². The maximum atomic E-state index is 13.6. The number of halogens is 2. The van der Waals surface area contributed by atoms with Gasteiger partial charge in [-0.1, -0.05) is 31.2 Å². The number of amides is 1. The van der Waals surface area contributed by atoms with Gasteiger partial charge in [0.15, 0.2) is 0 Å². The van der Waals surface area contributed by atoms with E-state index >= 15 is 0 Å². The molecule has 3 N–H and O–H groups in total. The number of aliphatic hydroxyl groups excluding tert-OH is 1. The summed E-state index contributed by atoms with van der Waals surface area (Å²) in [5, 5.41) is 20.3. The maximum absolute atomic E-state index is 13.6. The molecule has 1 amide bonds. The smallest absolute Gasteiger partial charge is 0.252 e. The van der Waals surface area contributed by atoms with Crippen molar-refractivity contribution in [1.82, 2.24) is 10.6 Å². The first-order chi connectivity index (χ1) is 14.9. The van der Waals surface area contributed by atoms with Gasteiger partial charge in [0.05, 0.1) is 12.1 Å². The predicted molar refractivity (Wildman–Crippen MR) is 119 cm³/mol. The summed E-state index contributed by atoms with van der Waals surface area (Å²) in [6.07, 6.45) is 0.0825. The van der Waals surface area contributed by atoms with E-state index in [-0.39, 0.29) is 18.9 Å². The third kappa shape index (κ3) is 6.95. The second kappa shape index (κ2) is 11.1. The second-order valence-corrected chi connectivity index (χ2v) is 8.23. The van der Waals surface area contributed by atoms with E-state index in [1.54, 1.807) is 16.8 Å². The number of aliphatic hydroxyl groups is 1. The van der Waals surface area contributed by atoms with E-state index in [1.165, 1.54) is 29.0 Å². The number of nitrogens with one attached hydrogen (secondary N) is 2. The number of aryl methyl sites for hydroxylation is 1. The van der Waals surface area contributed by atoms with E-state index in [4.69, 9.17) is 0 Å². The van der Waals surface area contributed by atoms with Gasteiger partial charge in [-0.2, -0.15) is 11.3 Å². The molecule has 1 aromatic heterocycles. The lowest BCUT2D eigenvalue weighted by molar-refractivity contribution is 0.0830. The van der Waals surface area contributed by atoms with Gasteiger partial charge < -0.3 is 15.7 Å². The van der Waals surface area contributed by atoms with Crippen LogP contribution in [0.5, 0.6) is 0 Å². The second-order valence-electron chi connectivity index (χ2n) is 7.45. The van der Waals surface area contributed by atoms with Crippen LogP contribution < -0.4 is 10.6 Å². The first kappa shape index (κ1) is 23.1. The van der Waals surface area contributed by atoms with Gasteiger partial charge in [0.25, 0.3) is 5.91 Å². The molecule has 0 radical (unpaired) electrons. The Kier molecular flexibility index (Phi) is 8.28. The van der Waals surface area contributed by atoms with Gasteiger partial charge in [-0.25, -0.2) is 8.78 Å². The summed E-state index contributed by atoms with van der Waals surface area (Å²) in [5.41, 5.74) is 3.17. The highest BCUT2D eigenvalue weighted by Crippen LogP contribution is 2.14. The van der Waals surface area contributed by atoms with Crippen LogP contribution in [0.3, 0.4) is 0 Å². The minimum Gasteiger partial charge on any atom is -0.390 e. The van der Waals surface area contributed by atoms with Crippen molar-refractivity contribution >= 4 is 17.2 Å². The van der Waals surface area contributed by atoms with Crippen molar-refractivity contribution in [2.75, 3.05) is 6.54 Å². The van der Waals surface area contributed by atoms with E-state index < -0.39 is 23.8 Å². The van der Waals surface area contributed by atoms with Crippen molar-refractivity contribution in [2.24, 2.45) is 0 Å². The highest BCUT2D eigenvalue weighted by molar-refractivity contribution is 7.08. The summed E-state index contributed by atoms with van der Waals surface area (Å²) in [4.78, 5) is 12.5. The summed E-state index contributed by atoms with van der Waals surface area (Å²) in [7, 11) is 0. The average Bonchev–Trinajstić information content (AvgIpc) is 3.28. The molecule has 3 rings (SSSR count). The number of thiophene rings is 1. The fraction of sp³-hybridized carbons (Fsp3) is 0.292. The molecule has 4 nitrogen and oxygen atoms in total.